The Bertz CT molecular complexity index is 458. The van der Waals surface area contributed by atoms with Gasteiger partial charge in [-0.25, -0.2) is 0 Å². The van der Waals surface area contributed by atoms with Crippen LogP contribution in [-0.2, 0) is 0 Å². The first-order chi connectivity index (χ1) is 9.10. The van der Waals surface area contributed by atoms with Crippen LogP contribution in [0, 0.1) is 10.1 Å². The van der Waals surface area contributed by atoms with Gasteiger partial charge in [-0.05, 0) is 6.07 Å². The summed E-state index contributed by atoms with van der Waals surface area (Å²) in [7, 11) is 0. The Labute approximate surface area is 111 Å². The predicted molar refractivity (Wildman–Crippen MR) is 73.2 cm³/mol. The molecule has 7 heteroatoms. The summed E-state index contributed by atoms with van der Waals surface area (Å²) in [6, 6.07) is 4.68. The first-order valence-corrected chi connectivity index (χ1v) is 6.23. The lowest BCUT2D eigenvalue weighted by atomic mass is 10.2. The summed E-state index contributed by atoms with van der Waals surface area (Å²) in [5.74, 6) is 0. The van der Waals surface area contributed by atoms with Crippen LogP contribution in [0.4, 0.5) is 17.1 Å². The molecule has 0 radical (unpaired) electrons. The third-order valence-electron chi connectivity index (χ3n) is 3.29. The van der Waals surface area contributed by atoms with E-state index in [2.05, 4.69) is 9.80 Å². The summed E-state index contributed by atoms with van der Waals surface area (Å²) in [5, 5.41) is 19.7. The van der Waals surface area contributed by atoms with Crippen molar-refractivity contribution in [2.75, 3.05) is 50.0 Å². The molecule has 0 spiro atoms. The number of piperazine rings is 1. The number of nitrogen functional groups attached to an aromatic ring is 1. The van der Waals surface area contributed by atoms with Crippen molar-refractivity contribution in [2.45, 2.75) is 0 Å². The van der Waals surface area contributed by atoms with Crippen molar-refractivity contribution in [1.82, 2.24) is 4.90 Å². The number of anilines is 2. The molecule has 1 saturated heterocycles. The van der Waals surface area contributed by atoms with Crippen molar-refractivity contribution in [3.05, 3.63) is 28.3 Å². The molecule has 7 nitrogen and oxygen atoms in total. The smallest absolute Gasteiger partial charge is 0.273 e. The van der Waals surface area contributed by atoms with Gasteiger partial charge in [0.25, 0.3) is 5.69 Å². The number of nitro groups is 1. The van der Waals surface area contributed by atoms with Crippen molar-refractivity contribution in [1.29, 1.82) is 0 Å². The lowest BCUT2D eigenvalue weighted by Gasteiger charge is -2.35. The SMILES string of the molecule is Nc1cc(N2CCN(CCO)CC2)cc([N+](=O)[O-])c1. The Morgan fingerprint density at radius 2 is 1.95 bits per heavy atom. The number of aliphatic hydroxyl groups excluding tert-OH is 1. The van der Waals surface area contributed by atoms with Gasteiger partial charge in [-0.15, -0.1) is 0 Å². The standard InChI is InChI=1S/C12H18N4O3/c13-10-7-11(9-12(8-10)16(18)19)15-3-1-14(2-4-15)5-6-17/h7-9,17H,1-6,13H2. The monoisotopic (exact) mass is 266 g/mol. The number of nitrogens with zero attached hydrogens (tertiary/aromatic N) is 3. The third-order valence-corrected chi connectivity index (χ3v) is 3.29. The highest BCUT2D eigenvalue weighted by Gasteiger charge is 2.19. The topological polar surface area (TPSA) is 95.9 Å². The second kappa shape index (κ2) is 5.85. The van der Waals surface area contributed by atoms with Gasteiger partial charge in [-0.3, -0.25) is 15.0 Å². The molecule has 0 aliphatic carbocycles. The lowest BCUT2D eigenvalue weighted by Crippen LogP contribution is -2.47. The Hall–Kier alpha value is -1.86. The molecular formula is C12H18N4O3. The maximum absolute atomic E-state index is 10.8. The van der Waals surface area contributed by atoms with Crippen LogP contribution in [0.3, 0.4) is 0 Å². The van der Waals surface area contributed by atoms with Gasteiger partial charge in [0.05, 0.1) is 11.5 Å². The summed E-state index contributed by atoms with van der Waals surface area (Å²) < 4.78 is 0. The molecule has 19 heavy (non-hydrogen) atoms. The second-order valence-electron chi connectivity index (χ2n) is 4.59. The first-order valence-electron chi connectivity index (χ1n) is 6.23. The van der Waals surface area contributed by atoms with E-state index in [1.165, 1.54) is 6.07 Å². The van der Waals surface area contributed by atoms with Gasteiger partial charge in [0.1, 0.15) is 0 Å². The maximum atomic E-state index is 10.8. The van der Waals surface area contributed by atoms with Gasteiger partial charge in [0, 0.05) is 56.2 Å². The average Bonchev–Trinajstić information content (AvgIpc) is 2.39. The average molecular weight is 266 g/mol. The fraction of sp³-hybridized carbons (Fsp3) is 0.500. The summed E-state index contributed by atoms with van der Waals surface area (Å²) in [6.07, 6.45) is 0. The number of aliphatic hydroxyl groups is 1. The molecule has 1 aromatic carbocycles. The molecule has 3 N–H and O–H groups in total. The van der Waals surface area contributed by atoms with Gasteiger partial charge in [-0.1, -0.05) is 0 Å². The molecule has 1 aliphatic heterocycles. The number of nitrogens with two attached hydrogens (primary N) is 1. The van der Waals surface area contributed by atoms with Crippen LogP contribution >= 0.6 is 0 Å². The van der Waals surface area contributed by atoms with E-state index in [4.69, 9.17) is 10.8 Å². The van der Waals surface area contributed by atoms with Crippen molar-refractivity contribution in [2.24, 2.45) is 0 Å². The highest BCUT2D eigenvalue weighted by atomic mass is 16.6. The summed E-state index contributed by atoms with van der Waals surface area (Å²) in [5.41, 5.74) is 6.92. The van der Waals surface area contributed by atoms with Gasteiger partial charge in [0.15, 0.2) is 0 Å². The van der Waals surface area contributed by atoms with Crippen LogP contribution < -0.4 is 10.6 Å². The molecule has 104 valence electrons. The van der Waals surface area contributed by atoms with Gasteiger partial charge >= 0.3 is 0 Å². The number of non-ortho nitro benzene ring substituents is 1. The molecule has 2 rings (SSSR count). The molecular weight excluding hydrogens is 248 g/mol. The third kappa shape index (κ3) is 3.33. The van der Waals surface area contributed by atoms with E-state index in [1.807, 2.05) is 0 Å². The molecule has 0 saturated carbocycles. The van der Waals surface area contributed by atoms with E-state index in [0.717, 1.165) is 31.9 Å². The second-order valence-corrected chi connectivity index (χ2v) is 4.59. The Morgan fingerprint density at radius 3 is 2.53 bits per heavy atom. The number of β-amino-alcohol motifs (C(OH)–C–C–N with tert-alkyl or cyclic N) is 1. The van der Waals surface area contributed by atoms with Crippen molar-refractivity contribution < 1.29 is 10.0 Å². The highest BCUT2D eigenvalue weighted by Crippen LogP contribution is 2.26. The lowest BCUT2D eigenvalue weighted by molar-refractivity contribution is -0.384. The zero-order valence-corrected chi connectivity index (χ0v) is 10.7. The van der Waals surface area contributed by atoms with E-state index < -0.39 is 4.92 Å². The van der Waals surface area contributed by atoms with Crippen LogP contribution in [-0.4, -0.2) is 54.3 Å². The zero-order chi connectivity index (χ0) is 13.8. The van der Waals surface area contributed by atoms with E-state index in [0.29, 0.717) is 12.2 Å². The Kier molecular flexibility index (Phi) is 4.18. The van der Waals surface area contributed by atoms with E-state index >= 15 is 0 Å². The minimum absolute atomic E-state index is 0.0211. The summed E-state index contributed by atoms with van der Waals surface area (Å²) >= 11 is 0. The van der Waals surface area contributed by atoms with E-state index in [1.54, 1.807) is 12.1 Å². The fourth-order valence-corrected chi connectivity index (χ4v) is 2.28. The van der Waals surface area contributed by atoms with E-state index in [9.17, 15) is 10.1 Å². The van der Waals surface area contributed by atoms with Crippen molar-refractivity contribution in [3.8, 4) is 0 Å². The fourth-order valence-electron chi connectivity index (χ4n) is 2.28. The van der Waals surface area contributed by atoms with Crippen LogP contribution in [0.15, 0.2) is 18.2 Å². The first kappa shape index (κ1) is 13.6. The normalized spacial score (nSPS) is 16.6. The largest absolute Gasteiger partial charge is 0.398 e. The predicted octanol–water partition coefficient (Wildman–Crippen LogP) is 0.291. The van der Waals surface area contributed by atoms with Gasteiger partial charge in [-0.2, -0.15) is 0 Å². The minimum atomic E-state index is -0.429. The summed E-state index contributed by atoms with van der Waals surface area (Å²) in [6.45, 7) is 4.06. The highest BCUT2D eigenvalue weighted by molar-refractivity contribution is 5.62. The molecule has 0 aromatic heterocycles. The number of hydrogen-bond acceptors (Lipinski definition) is 6. The van der Waals surface area contributed by atoms with Crippen LogP contribution in [0.25, 0.3) is 0 Å². The van der Waals surface area contributed by atoms with Crippen molar-refractivity contribution in [3.63, 3.8) is 0 Å². The number of nitro benzene ring substituents is 1. The molecule has 0 atom stereocenters. The minimum Gasteiger partial charge on any atom is -0.398 e. The molecule has 0 amide bonds. The molecule has 1 fully saturated rings. The van der Waals surface area contributed by atoms with Crippen molar-refractivity contribution >= 4 is 17.1 Å². The van der Waals surface area contributed by atoms with Crippen LogP contribution in [0.5, 0.6) is 0 Å². The maximum Gasteiger partial charge on any atom is 0.273 e. The Morgan fingerprint density at radius 1 is 1.26 bits per heavy atom. The molecule has 1 heterocycles. The number of hydrogen-bond donors (Lipinski definition) is 2. The number of benzene rings is 1. The van der Waals surface area contributed by atoms with Gasteiger partial charge in [0.2, 0.25) is 0 Å². The molecule has 1 aliphatic rings. The molecule has 0 unspecified atom stereocenters. The van der Waals surface area contributed by atoms with Crippen LogP contribution in [0.2, 0.25) is 0 Å². The number of rotatable bonds is 4. The summed E-state index contributed by atoms with van der Waals surface area (Å²) in [4.78, 5) is 14.6. The van der Waals surface area contributed by atoms with Gasteiger partial charge < -0.3 is 15.7 Å². The van der Waals surface area contributed by atoms with Crippen LogP contribution in [0.1, 0.15) is 0 Å². The molecule has 0 bridgehead atoms. The Balaban J connectivity index is 2.09. The van der Waals surface area contributed by atoms with E-state index in [-0.39, 0.29) is 12.3 Å². The zero-order valence-electron chi connectivity index (χ0n) is 10.7. The quantitative estimate of drug-likeness (QED) is 0.462. The molecule has 1 aromatic rings.